The molecule has 5 nitrogen and oxygen atoms in total. The molecule has 18 heavy (non-hydrogen) atoms. The molecule has 0 amide bonds. The Balaban J connectivity index is 2.25. The summed E-state index contributed by atoms with van der Waals surface area (Å²) >= 11 is 0. The van der Waals surface area contributed by atoms with Gasteiger partial charge in [0.2, 0.25) is 0 Å². The van der Waals surface area contributed by atoms with Gasteiger partial charge in [0, 0.05) is 24.9 Å². The minimum atomic E-state index is 0.494. The normalized spacial score (nSPS) is 10.9. The van der Waals surface area contributed by atoms with Crippen LogP contribution in [-0.4, -0.2) is 19.4 Å². The van der Waals surface area contributed by atoms with Crippen molar-refractivity contribution in [3.63, 3.8) is 0 Å². The van der Waals surface area contributed by atoms with E-state index in [9.17, 15) is 0 Å². The number of aryl methyl sites for hydroxylation is 1. The number of nitrogen functional groups attached to an aromatic ring is 1. The van der Waals surface area contributed by atoms with Crippen LogP contribution in [0.1, 0.15) is 12.7 Å². The molecule has 0 unspecified atom stereocenters. The number of fused-ring (bicyclic) bond motifs is 1. The Hall–Kier alpha value is -2.43. The zero-order chi connectivity index (χ0) is 12.5. The summed E-state index contributed by atoms with van der Waals surface area (Å²) in [5.74, 6) is 1.25. The molecule has 3 heterocycles. The highest BCUT2D eigenvalue weighted by atomic mass is 15.0. The van der Waals surface area contributed by atoms with Crippen molar-refractivity contribution in [2.75, 3.05) is 5.73 Å². The van der Waals surface area contributed by atoms with E-state index in [1.54, 1.807) is 12.3 Å². The Morgan fingerprint density at radius 1 is 1.28 bits per heavy atom. The predicted molar refractivity (Wildman–Crippen MR) is 70.0 cm³/mol. The Morgan fingerprint density at radius 2 is 2.17 bits per heavy atom. The summed E-state index contributed by atoms with van der Waals surface area (Å²) in [6, 6.07) is 7.69. The number of hydrogen-bond donors (Lipinski definition) is 1. The lowest BCUT2D eigenvalue weighted by Crippen LogP contribution is -2.02. The van der Waals surface area contributed by atoms with Crippen molar-refractivity contribution < 1.29 is 0 Å². The van der Waals surface area contributed by atoms with Crippen molar-refractivity contribution in [3.05, 3.63) is 42.5 Å². The van der Waals surface area contributed by atoms with Gasteiger partial charge in [-0.25, -0.2) is 15.0 Å². The van der Waals surface area contributed by atoms with Gasteiger partial charge in [0.15, 0.2) is 0 Å². The van der Waals surface area contributed by atoms with Crippen LogP contribution < -0.4 is 5.73 Å². The smallest absolute Gasteiger partial charge is 0.137 e. The van der Waals surface area contributed by atoms with Gasteiger partial charge in [0.1, 0.15) is 17.3 Å². The highest BCUT2D eigenvalue weighted by Gasteiger charge is 2.07. The number of anilines is 1. The lowest BCUT2D eigenvalue weighted by Gasteiger charge is -2.07. The summed E-state index contributed by atoms with van der Waals surface area (Å²) in [5.41, 5.74) is 8.50. The van der Waals surface area contributed by atoms with Crippen molar-refractivity contribution >= 4 is 11.5 Å². The summed E-state index contributed by atoms with van der Waals surface area (Å²) in [4.78, 5) is 13.0. The molecule has 0 aliphatic heterocycles. The van der Waals surface area contributed by atoms with Gasteiger partial charge < -0.3 is 5.73 Å². The molecule has 0 spiro atoms. The largest absolute Gasteiger partial charge is 0.384 e. The lowest BCUT2D eigenvalue weighted by molar-refractivity contribution is 0.944. The van der Waals surface area contributed by atoms with Crippen molar-refractivity contribution in [2.45, 2.75) is 13.3 Å². The Kier molecular flexibility index (Phi) is 2.44. The second-order valence-electron chi connectivity index (χ2n) is 4.01. The van der Waals surface area contributed by atoms with Crippen LogP contribution in [0.3, 0.4) is 0 Å². The molecular formula is C13H13N5. The van der Waals surface area contributed by atoms with Crippen LogP contribution in [0.5, 0.6) is 0 Å². The molecule has 0 fully saturated rings. The topological polar surface area (TPSA) is 69.1 Å². The minimum Gasteiger partial charge on any atom is -0.384 e. The summed E-state index contributed by atoms with van der Waals surface area (Å²) in [6.07, 6.45) is 4.44. The van der Waals surface area contributed by atoms with Gasteiger partial charge >= 0.3 is 0 Å². The third kappa shape index (κ3) is 1.69. The fourth-order valence-electron chi connectivity index (χ4n) is 1.96. The highest BCUT2D eigenvalue weighted by molar-refractivity contribution is 5.62. The maximum Gasteiger partial charge on any atom is 0.137 e. The number of nitrogens with two attached hydrogens (primary N) is 1. The summed E-state index contributed by atoms with van der Waals surface area (Å²) in [7, 11) is 0. The lowest BCUT2D eigenvalue weighted by atomic mass is 10.2. The Morgan fingerprint density at radius 3 is 3.00 bits per heavy atom. The van der Waals surface area contributed by atoms with E-state index in [2.05, 4.69) is 15.0 Å². The van der Waals surface area contributed by atoms with Crippen LogP contribution in [0.4, 0.5) is 5.82 Å². The number of pyridine rings is 1. The molecule has 3 aromatic rings. The van der Waals surface area contributed by atoms with Crippen molar-refractivity contribution in [1.82, 2.24) is 19.4 Å². The molecule has 0 aliphatic carbocycles. The van der Waals surface area contributed by atoms with Crippen molar-refractivity contribution in [3.8, 4) is 11.4 Å². The van der Waals surface area contributed by atoms with Gasteiger partial charge in [-0.3, -0.25) is 4.40 Å². The van der Waals surface area contributed by atoms with Crippen LogP contribution >= 0.6 is 0 Å². The molecule has 0 saturated heterocycles. The molecule has 0 radical (unpaired) electrons. The summed E-state index contributed by atoms with van der Waals surface area (Å²) in [5, 5.41) is 0. The van der Waals surface area contributed by atoms with E-state index in [0.717, 1.165) is 29.3 Å². The Labute approximate surface area is 104 Å². The second-order valence-corrected chi connectivity index (χ2v) is 4.01. The predicted octanol–water partition coefficient (Wildman–Crippen LogP) is 1.94. The Bertz CT molecular complexity index is 701. The van der Waals surface area contributed by atoms with E-state index < -0.39 is 0 Å². The minimum absolute atomic E-state index is 0.494. The van der Waals surface area contributed by atoms with Gasteiger partial charge in [-0.15, -0.1) is 0 Å². The van der Waals surface area contributed by atoms with E-state index >= 15 is 0 Å². The van der Waals surface area contributed by atoms with Gasteiger partial charge in [-0.1, -0.05) is 13.0 Å². The number of imidazole rings is 1. The third-order valence-corrected chi connectivity index (χ3v) is 2.80. The van der Waals surface area contributed by atoms with E-state index in [4.69, 9.17) is 5.73 Å². The van der Waals surface area contributed by atoms with Gasteiger partial charge in [-0.2, -0.15) is 0 Å². The maximum absolute atomic E-state index is 5.82. The quantitative estimate of drug-likeness (QED) is 0.742. The molecule has 0 aromatic carbocycles. The molecule has 0 aliphatic rings. The molecule has 3 aromatic heterocycles. The molecular weight excluding hydrogens is 226 g/mol. The summed E-state index contributed by atoms with van der Waals surface area (Å²) in [6.45, 7) is 2.01. The highest BCUT2D eigenvalue weighted by Crippen LogP contribution is 2.20. The van der Waals surface area contributed by atoms with E-state index in [0.29, 0.717) is 5.82 Å². The first kappa shape index (κ1) is 10.7. The van der Waals surface area contributed by atoms with E-state index in [-0.39, 0.29) is 0 Å². The fourth-order valence-corrected chi connectivity index (χ4v) is 1.96. The number of nitrogens with zero attached hydrogens (tertiary/aromatic N) is 4. The van der Waals surface area contributed by atoms with Gasteiger partial charge in [-0.05, 0) is 12.1 Å². The fraction of sp³-hybridized carbons (Fsp3) is 0.154. The van der Waals surface area contributed by atoms with Crippen molar-refractivity contribution in [2.24, 2.45) is 0 Å². The average Bonchev–Trinajstić information content (AvgIpc) is 2.85. The average molecular weight is 239 g/mol. The second kappa shape index (κ2) is 4.10. The van der Waals surface area contributed by atoms with Crippen LogP contribution in [0.2, 0.25) is 0 Å². The number of rotatable bonds is 2. The molecule has 5 heteroatoms. The molecule has 0 saturated carbocycles. The monoisotopic (exact) mass is 239 g/mol. The molecule has 3 rings (SSSR count). The van der Waals surface area contributed by atoms with Gasteiger partial charge in [0.05, 0.1) is 11.4 Å². The van der Waals surface area contributed by atoms with Crippen LogP contribution in [0.15, 0.2) is 36.7 Å². The number of aromatic nitrogens is 4. The molecule has 2 N–H and O–H groups in total. The van der Waals surface area contributed by atoms with Crippen LogP contribution in [0, 0.1) is 0 Å². The maximum atomic E-state index is 5.82. The molecule has 0 atom stereocenters. The first-order valence-corrected chi connectivity index (χ1v) is 5.84. The standard InChI is InChI=1S/C13H13N5/c1-2-12-16-9(8-11(14)17-12)10-4-3-5-13-15-6-7-18(10)13/h3-8H,2H2,1H3,(H2,14,16,17). The van der Waals surface area contributed by atoms with Gasteiger partial charge in [0.25, 0.3) is 0 Å². The number of hydrogen-bond acceptors (Lipinski definition) is 4. The van der Waals surface area contributed by atoms with Crippen LogP contribution in [0.25, 0.3) is 17.0 Å². The first-order valence-electron chi connectivity index (χ1n) is 5.84. The SMILES string of the molecule is CCc1nc(N)cc(-c2cccc3nccn23)n1. The van der Waals surface area contributed by atoms with E-state index in [1.807, 2.05) is 35.7 Å². The zero-order valence-electron chi connectivity index (χ0n) is 10.0. The molecule has 90 valence electrons. The molecule has 0 bridgehead atoms. The zero-order valence-corrected chi connectivity index (χ0v) is 10.0. The van der Waals surface area contributed by atoms with Crippen molar-refractivity contribution in [1.29, 1.82) is 0 Å². The van der Waals surface area contributed by atoms with E-state index in [1.165, 1.54) is 0 Å². The van der Waals surface area contributed by atoms with Crippen LogP contribution in [-0.2, 0) is 6.42 Å². The first-order chi connectivity index (χ1) is 8.78. The summed E-state index contributed by atoms with van der Waals surface area (Å²) < 4.78 is 1.99. The third-order valence-electron chi connectivity index (χ3n) is 2.80.